The van der Waals surface area contributed by atoms with Crippen LogP contribution in [0.2, 0.25) is 5.15 Å². The van der Waals surface area contributed by atoms with Crippen LogP contribution in [0.4, 0.5) is 9.93 Å². The zero-order valence-electron chi connectivity index (χ0n) is 13.1. The van der Waals surface area contributed by atoms with E-state index in [-0.39, 0.29) is 0 Å². The average Bonchev–Trinajstić information content (AvgIpc) is 3.11. The van der Waals surface area contributed by atoms with Crippen molar-refractivity contribution < 1.29 is 9.90 Å². The minimum absolute atomic E-state index is 0.438. The number of pyridine rings is 2. The van der Waals surface area contributed by atoms with Crippen LogP contribution in [0.3, 0.4) is 0 Å². The number of carboxylic acid groups (broad SMARTS) is 1. The smallest absolute Gasteiger partial charge is 0.407 e. The van der Waals surface area contributed by atoms with E-state index in [1.54, 1.807) is 23.6 Å². The SMILES string of the molecule is O=C(O)N1CCN(c2ncc(-c3cnc4ccc(Cl)nc4c3)s2)CC1. The summed E-state index contributed by atoms with van der Waals surface area (Å²) in [6.07, 6.45) is 2.75. The number of thiazole rings is 1. The number of hydrogen-bond donors (Lipinski definition) is 1. The third kappa shape index (κ3) is 3.22. The van der Waals surface area contributed by atoms with Gasteiger partial charge in [-0.2, -0.15) is 0 Å². The average molecular weight is 376 g/mol. The van der Waals surface area contributed by atoms with Crippen LogP contribution in [0.25, 0.3) is 21.5 Å². The minimum atomic E-state index is -0.868. The van der Waals surface area contributed by atoms with Gasteiger partial charge >= 0.3 is 6.09 Å². The van der Waals surface area contributed by atoms with Gasteiger partial charge in [0.05, 0.1) is 15.9 Å². The Morgan fingerprint density at radius 3 is 2.68 bits per heavy atom. The number of nitrogens with zero attached hydrogens (tertiary/aromatic N) is 5. The molecule has 25 heavy (non-hydrogen) atoms. The monoisotopic (exact) mass is 375 g/mol. The van der Waals surface area contributed by atoms with Gasteiger partial charge in [0.25, 0.3) is 0 Å². The molecule has 0 radical (unpaired) electrons. The largest absolute Gasteiger partial charge is 0.465 e. The Kier molecular flexibility index (Phi) is 4.14. The lowest BCUT2D eigenvalue weighted by molar-refractivity contribution is 0.142. The summed E-state index contributed by atoms with van der Waals surface area (Å²) in [6, 6.07) is 5.51. The van der Waals surface area contributed by atoms with Gasteiger partial charge in [0, 0.05) is 44.1 Å². The molecule has 4 heterocycles. The van der Waals surface area contributed by atoms with E-state index in [2.05, 4.69) is 19.9 Å². The third-order valence-corrected chi connectivity index (χ3v) is 5.42. The van der Waals surface area contributed by atoms with Gasteiger partial charge in [-0.3, -0.25) is 4.98 Å². The topological polar surface area (TPSA) is 82.5 Å². The molecule has 0 aromatic carbocycles. The summed E-state index contributed by atoms with van der Waals surface area (Å²) in [5, 5.41) is 10.4. The highest BCUT2D eigenvalue weighted by molar-refractivity contribution is 7.18. The lowest BCUT2D eigenvalue weighted by Gasteiger charge is -2.32. The summed E-state index contributed by atoms with van der Waals surface area (Å²) in [7, 11) is 0. The molecule has 1 fully saturated rings. The van der Waals surface area contributed by atoms with Gasteiger partial charge in [-0.25, -0.2) is 14.8 Å². The second-order valence-corrected chi connectivity index (χ2v) is 7.06. The molecular formula is C16H14ClN5O2S. The highest BCUT2D eigenvalue weighted by atomic mass is 35.5. The molecule has 1 aliphatic heterocycles. The number of amides is 1. The fourth-order valence-electron chi connectivity index (χ4n) is 2.75. The van der Waals surface area contributed by atoms with E-state index in [0.29, 0.717) is 31.3 Å². The van der Waals surface area contributed by atoms with Crippen molar-refractivity contribution in [2.45, 2.75) is 0 Å². The summed E-state index contributed by atoms with van der Waals surface area (Å²) >= 11 is 7.52. The van der Waals surface area contributed by atoms with Crippen molar-refractivity contribution in [3.05, 3.63) is 35.7 Å². The Morgan fingerprint density at radius 1 is 1.12 bits per heavy atom. The van der Waals surface area contributed by atoms with Crippen molar-refractivity contribution in [3.8, 4) is 10.4 Å². The molecule has 3 aromatic heterocycles. The Hall–Kier alpha value is -2.45. The van der Waals surface area contributed by atoms with E-state index < -0.39 is 6.09 Å². The molecular weight excluding hydrogens is 362 g/mol. The predicted octanol–water partition coefficient (Wildman–Crippen LogP) is 3.21. The molecule has 0 bridgehead atoms. The summed E-state index contributed by atoms with van der Waals surface area (Å²) in [4.78, 5) is 28.7. The predicted molar refractivity (Wildman–Crippen MR) is 97.5 cm³/mol. The Labute approximate surface area is 152 Å². The van der Waals surface area contributed by atoms with Crippen LogP contribution in [0.5, 0.6) is 0 Å². The molecule has 128 valence electrons. The molecule has 7 nitrogen and oxygen atoms in total. The summed E-state index contributed by atoms with van der Waals surface area (Å²) in [6.45, 7) is 2.27. The minimum Gasteiger partial charge on any atom is -0.465 e. The molecule has 0 saturated carbocycles. The van der Waals surface area contributed by atoms with Gasteiger partial charge < -0.3 is 14.9 Å². The zero-order chi connectivity index (χ0) is 17.4. The first kappa shape index (κ1) is 16.0. The van der Waals surface area contributed by atoms with Crippen molar-refractivity contribution in [2.24, 2.45) is 0 Å². The number of hydrogen-bond acceptors (Lipinski definition) is 6. The van der Waals surface area contributed by atoms with Crippen LogP contribution in [-0.2, 0) is 0 Å². The van der Waals surface area contributed by atoms with E-state index in [4.69, 9.17) is 16.7 Å². The van der Waals surface area contributed by atoms with Crippen LogP contribution in [0, 0.1) is 0 Å². The molecule has 0 unspecified atom stereocenters. The van der Waals surface area contributed by atoms with Gasteiger partial charge in [0.15, 0.2) is 5.13 Å². The Bertz CT molecular complexity index is 939. The number of aromatic nitrogens is 3. The molecule has 0 atom stereocenters. The number of rotatable bonds is 2. The summed E-state index contributed by atoms with van der Waals surface area (Å²) in [5.74, 6) is 0. The molecule has 4 rings (SSSR count). The number of halogens is 1. The van der Waals surface area contributed by atoms with Crippen molar-refractivity contribution in [1.82, 2.24) is 19.9 Å². The first-order valence-electron chi connectivity index (χ1n) is 7.71. The quantitative estimate of drug-likeness (QED) is 0.692. The number of anilines is 1. The second-order valence-electron chi connectivity index (χ2n) is 5.66. The summed E-state index contributed by atoms with van der Waals surface area (Å²) < 4.78 is 0. The molecule has 3 aromatic rings. The van der Waals surface area contributed by atoms with Crippen LogP contribution < -0.4 is 4.90 Å². The van der Waals surface area contributed by atoms with Crippen molar-refractivity contribution in [1.29, 1.82) is 0 Å². The maximum Gasteiger partial charge on any atom is 0.407 e. The Balaban J connectivity index is 1.56. The fourth-order valence-corrected chi connectivity index (χ4v) is 3.85. The van der Waals surface area contributed by atoms with Gasteiger partial charge in [-0.15, -0.1) is 0 Å². The molecule has 1 amide bonds. The molecule has 1 aliphatic rings. The van der Waals surface area contributed by atoms with Crippen molar-refractivity contribution in [3.63, 3.8) is 0 Å². The normalized spacial score (nSPS) is 14.9. The first-order chi connectivity index (χ1) is 12.1. The van der Waals surface area contributed by atoms with Gasteiger partial charge in [-0.05, 0) is 18.2 Å². The molecule has 0 aliphatic carbocycles. The Morgan fingerprint density at radius 2 is 1.92 bits per heavy atom. The van der Waals surface area contributed by atoms with Crippen LogP contribution >= 0.6 is 22.9 Å². The number of piperazine rings is 1. The number of fused-ring (bicyclic) bond motifs is 1. The fraction of sp³-hybridized carbons (Fsp3) is 0.250. The molecule has 1 saturated heterocycles. The van der Waals surface area contributed by atoms with Gasteiger partial charge in [0.2, 0.25) is 0 Å². The zero-order valence-corrected chi connectivity index (χ0v) is 14.7. The lowest BCUT2D eigenvalue weighted by Crippen LogP contribution is -2.48. The summed E-state index contributed by atoms with van der Waals surface area (Å²) in [5.41, 5.74) is 2.48. The first-order valence-corrected chi connectivity index (χ1v) is 8.91. The van der Waals surface area contributed by atoms with Crippen molar-refractivity contribution >= 4 is 45.2 Å². The van der Waals surface area contributed by atoms with Crippen LogP contribution in [-0.4, -0.2) is 57.2 Å². The third-order valence-electron chi connectivity index (χ3n) is 4.10. The van der Waals surface area contributed by atoms with E-state index in [1.165, 1.54) is 4.90 Å². The highest BCUT2D eigenvalue weighted by Gasteiger charge is 2.22. The van der Waals surface area contributed by atoms with E-state index >= 15 is 0 Å². The van der Waals surface area contributed by atoms with E-state index in [0.717, 1.165) is 26.6 Å². The maximum absolute atomic E-state index is 11.0. The molecule has 9 heteroatoms. The van der Waals surface area contributed by atoms with Gasteiger partial charge in [0.1, 0.15) is 5.15 Å². The molecule has 0 spiro atoms. The number of carbonyl (C=O) groups is 1. The molecule has 1 N–H and O–H groups in total. The standard InChI is InChI=1S/C16H14ClN5O2S/c17-14-2-1-11-12(20-14)7-10(8-18-11)13-9-19-15(25-13)21-3-5-22(6-4-21)16(23)24/h1-2,7-9H,3-6H2,(H,23,24). The van der Waals surface area contributed by atoms with Crippen molar-refractivity contribution in [2.75, 3.05) is 31.1 Å². The lowest BCUT2D eigenvalue weighted by atomic mass is 10.2. The maximum atomic E-state index is 11.0. The van der Waals surface area contributed by atoms with Crippen LogP contribution in [0.1, 0.15) is 0 Å². The second kappa shape index (κ2) is 6.45. The van der Waals surface area contributed by atoms with E-state index in [9.17, 15) is 4.79 Å². The highest BCUT2D eigenvalue weighted by Crippen LogP contribution is 2.32. The van der Waals surface area contributed by atoms with E-state index in [1.807, 2.05) is 18.3 Å². The van der Waals surface area contributed by atoms with Gasteiger partial charge in [-0.1, -0.05) is 22.9 Å². The van der Waals surface area contributed by atoms with Crippen LogP contribution in [0.15, 0.2) is 30.6 Å².